The fourth-order valence-electron chi connectivity index (χ4n) is 2.49. The van der Waals surface area contributed by atoms with Gasteiger partial charge in [0.05, 0.1) is 6.04 Å². The highest BCUT2D eigenvalue weighted by Crippen LogP contribution is 2.33. The first kappa shape index (κ1) is 12.6. The number of nitrogens with zero attached hydrogens (tertiary/aromatic N) is 3. The zero-order valence-electron chi connectivity index (χ0n) is 11.0. The predicted octanol–water partition coefficient (Wildman–Crippen LogP) is 2.89. The van der Waals surface area contributed by atoms with E-state index in [1.165, 1.54) is 0 Å². The summed E-state index contributed by atoms with van der Waals surface area (Å²) >= 11 is 0. The molecule has 2 rings (SSSR count). The van der Waals surface area contributed by atoms with Gasteiger partial charge in [0.1, 0.15) is 12.7 Å². The van der Waals surface area contributed by atoms with Gasteiger partial charge in [0.15, 0.2) is 0 Å². The van der Waals surface area contributed by atoms with E-state index in [9.17, 15) is 0 Å². The Kier molecular flexibility index (Phi) is 3.97. The Bertz CT molecular complexity index is 474. The molecule has 0 saturated heterocycles. The van der Waals surface area contributed by atoms with Gasteiger partial charge < -0.3 is 5.73 Å². The smallest absolute Gasteiger partial charge is 0.137 e. The van der Waals surface area contributed by atoms with E-state index in [1.54, 1.807) is 12.7 Å². The van der Waals surface area contributed by atoms with Crippen LogP contribution in [0.4, 0.5) is 5.69 Å². The first-order chi connectivity index (χ1) is 8.77. The third-order valence-corrected chi connectivity index (χ3v) is 3.53. The maximum absolute atomic E-state index is 6.11. The molecule has 0 spiro atoms. The molecule has 1 aromatic heterocycles. The van der Waals surface area contributed by atoms with Gasteiger partial charge in [-0.25, -0.2) is 9.67 Å². The second kappa shape index (κ2) is 5.67. The molecule has 0 aliphatic rings. The summed E-state index contributed by atoms with van der Waals surface area (Å²) in [4.78, 5) is 4.06. The average Bonchev–Trinajstić information content (AvgIpc) is 2.90. The highest BCUT2D eigenvalue weighted by molar-refractivity contribution is 5.48. The van der Waals surface area contributed by atoms with Crippen LogP contribution in [0, 0.1) is 5.92 Å². The van der Waals surface area contributed by atoms with Crippen LogP contribution in [0.25, 0.3) is 0 Å². The summed E-state index contributed by atoms with van der Waals surface area (Å²) in [5.74, 6) is 0.511. The molecule has 2 aromatic rings. The molecule has 0 bridgehead atoms. The Morgan fingerprint density at radius 2 is 1.94 bits per heavy atom. The number of hydrogen-bond acceptors (Lipinski definition) is 3. The first-order valence-corrected chi connectivity index (χ1v) is 6.46. The molecule has 4 nitrogen and oxygen atoms in total. The van der Waals surface area contributed by atoms with Gasteiger partial charge in [-0.1, -0.05) is 44.9 Å². The zero-order chi connectivity index (χ0) is 13.0. The summed E-state index contributed by atoms with van der Waals surface area (Å²) in [6, 6.07) is 8.19. The molecule has 1 heterocycles. The fourth-order valence-corrected chi connectivity index (χ4v) is 2.49. The lowest BCUT2D eigenvalue weighted by Gasteiger charge is -2.26. The topological polar surface area (TPSA) is 56.7 Å². The van der Waals surface area contributed by atoms with E-state index < -0.39 is 0 Å². The lowest BCUT2D eigenvalue weighted by atomic mass is 9.88. The van der Waals surface area contributed by atoms with E-state index in [1.807, 2.05) is 22.9 Å². The van der Waals surface area contributed by atoms with Crippen molar-refractivity contribution >= 4 is 5.69 Å². The minimum atomic E-state index is 0.170. The van der Waals surface area contributed by atoms with Gasteiger partial charge in [-0.15, -0.1) is 0 Å². The summed E-state index contributed by atoms with van der Waals surface area (Å²) in [6.45, 7) is 4.41. The molecule has 0 aliphatic heterocycles. The third-order valence-electron chi connectivity index (χ3n) is 3.53. The van der Waals surface area contributed by atoms with E-state index >= 15 is 0 Å². The van der Waals surface area contributed by atoms with Crippen molar-refractivity contribution in [3.05, 3.63) is 42.5 Å². The van der Waals surface area contributed by atoms with E-state index in [4.69, 9.17) is 5.73 Å². The maximum Gasteiger partial charge on any atom is 0.137 e. The average molecular weight is 244 g/mol. The fraction of sp³-hybridized carbons (Fsp3) is 0.429. The number of para-hydroxylation sites is 1. The van der Waals surface area contributed by atoms with Crippen molar-refractivity contribution in [1.82, 2.24) is 14.8 Å². The second-order valence-electron chi connectivity index (χ2n) is 4.53. The minimum Gasteiger partial charge on any atom is -0.398 e. The summed E-state index contributed by atoms with van der Waals surface area (Å²) in [5.41, 5.74) is 8.07. The number of hydrogen-bond donors (Lipinski definition) is 1. The van der Waals surface area contributed by atoms with Crippen LogP contribution in [0.3, 0.4) is 0 Å². The number of nitrogen functional groups attached to an aromatic ring is 1. The monoisotopic (exact) mass is 244 g/mol. The van der Waals surface area contributed by atoms with Crippen molar-refractivity contribution in [1.29, 1.82) is 0 Å². The van der Waals surface area contributed by atoms with Gasteiger partial charge >= 0.3 is 0 Å². The van der Waals surface area contributed by atoms with Crippen LogP contribution >= 0.6 is 0 Å². The Hall–Kier alpha value is -1.84. The SMILES string of the molecule is CCC(CC)C(c1ccccc1N)n1cncn1. The van der Waals surface area contributed by atoms with Crippen LogP contribution < -0.4 is 5.73 Å². The number of aromatic nitrogens is 3. The molecule has 0 radical (unpaired) electrons. The molecule has 4 heteroatoms. The van der Waals surface area contributed by atoms with Gasteiger partial charge in [0.2, 0.25) is 0 Å². The maximum atomic E-state index is 6.11. The van der Waals surface area contributed by atoms with E-state index in [0.29, 0.717) is 5.92 Å². The quantitative estimate of drug-likeness (QED) is 0.823. The number of anilines is 1. The van der Waals surface area contributed by atoms with Crippen molar-refractivity contribution in [2.45, 2.75) is 32.7 Å². The van der Waals surface area contributed by atoms with Crippen molar-refractivity contribution < 1.29 is 0 Å². The van der Waals surface area contributed by atoms with E-state index in [2.05, 4.69) is 30.0 Å². The highest BCUT2D eigenvalue weighted by atomic mass is 15.3. The Morgan fingerprint density at radius 3 is 2.50 bits per heavy atom. The molecule has 2 N–H and O–H groups in total. The van der Waals surface area contributed by atoms with Gasteiger partial charge in [0, 0.05) is 5.69 Å². The normalized spacial score (nSPS) is 12.8. The van der Waals surface area contributed by atoms with Crippen LogP contribution in [0.1, 0.15) is 38.3 Å². The van der Waals surface area contributed by atoms with Gasteiger partial charge in [0.25, 0.3) is 0 Å². The van der Waals surface area contributed by atoms with Crippen LogP contribution in [-0.4, -0.2) is 14.8 Å². The predicted molar refractivity (Wildman–Crippen MR) is 73.1 cm³/mol. The van der Waals surface area contributed by atoms with Crippen molar-refractivity contribution in [2.24, 2.45) is 5.92 Å². The van der Waals surface area contributed by atoms with Gasteiger partial charge in [-0.05, 0) is 17.5 Å². The van der Waals surface area contributed by atoms with Crippen LogP contribution in [-0.2, 0) is 0 Å². The minimum absolute atomic E-state index is 0.170. The van der Waals surface area contributed by atoms with E-state index in [0.717, 1.165) is 24.1 Å². The molecule has 0 aliphatic carbocycles. The van der Waals surface area contributed by atoms with Gasteiger partial charge in [-0.3, -0.25) is 0 Å². The third kappa shape index (κ3) is 2.37. The second-order valence-corrected chi connectivity index (χ2v) is 4.53. The van der Waals surface area contributed by atoms with Crippen LogP contribution in [0.15, 0.2) is 36.9 Å². The molecule has 1 atom stereocenters. The molecule has 0 saturated carbocycles. The van der Waals surface area contributed by atoms with Crippen LogP contribution in [0.5, 0.6) is 0 Å². The highest BCUT2D eigenvalue weighted by Gasteiger charge is 2.24. The lowest BCUT2D eigenvalue weighted by Crippen LogP contribution is -2.21. The summed E-state index contributed by atoms with van der Waals surface area (Å²) in [5, 5.41) is 4.30. The Morgan fingerprint density at radius 1 is 1.22 bits per heavy atom. The number of rotatable bonds is 5. The van der Waals surface area contributed by atoms with Crippen LogP contribution in [0.2, 0.25) is 0 Å². The molecular formula is C14H20N4. The largest absolute Gasteiger partial charge is 0.398 e. The molecule has 18 heavy (non-hydrogen) atoms. The standard InChI is InChI=1S/C14H20N4/c1-3-11(4-2)14(18-10-16-9-17-18)12-7-5-6-8-13(12)15/h5-11,14H,3-4,15H2,1-2H3. The van der Waals surface area contributed by atoms with Crippen molar-refractivity contribution in [2.75, 3.05) is 5.73 Å². The van der Waals surface area contributed by atoms with Gasteiger partial charge in [-0.2, -0.15) is 5.10 Å². The summed E-state index contributed by atoms with van der Waals surface area (Å²) in [6.07, 6.45) is 5.54. The Balaban J connectivity index is 2.46. The molecule has 1 unspecified atom stereocenters. The number of nitrogens with two attached hydrogens (primary N) is 1. The van der Waals surface area contributed by atoms with Crippen molar-refractivity contribution in [3.8, 4) is 0 Å². The van der Waals surface area contributed by atoms with E-state index in [-0.39, 0.29) is 6.04 Å². The molecular weight excluding hydrogens is 224 g/mol. The summed E-state index contributed by atoms with van der Waals surface area (Å²) in [7, 11) is 0. The Labute approximate surface area is 108 Å². The summed E-state index contributed by atoms with van der Waals surface area (Å²) < 4.78 is 1.92. The lowest BCUT2D eigenvalue weighted by molar-refractivity contribution is 0.333. The van der Waals surface area contributed by atoms with Crippen molar-refractivity contribution in [3.63, 3.8) is 0 Å². The number of benzene rings is 1. The molecule has 96 valence electrons. The molecule has 0 amide bonds. The first-order valence-electron chi connectivity index (χ1n) is 6.46. The molecule has 1 aromatic carbocycles. The zero-order valence-corrected chi connectivity index (χ0v) is 11.0. The molecule has 0 fully saturated rings.